The number of hydrogen-bond acceptors (Lipinski definition) is 4. The van der Waals surface area contributed by atoms with Crippen molar-refractivity contribution in [1.29, 1.82) is 0 Å². The van der Waals surface area contributed by atoms with E-state index in [2.05, 4.69) is 11.9 Å². The number of rotatable bonds is 6. The Morgan fingerprint density at radius 2 is 1.92 bits per heavy atom. The van der Waals surface area contributed by atoms with E-state index in [1.165, 1.54) is 0 Å². The fourth-order valence-electron chi connectivity index (χ4n) is 2.65. The van der Waals surface area contributed by atoms with E-state index in [9.17, 15) is 9.90 Å². The molecule has 4 nitrogen and oxygen atoms in total. The highest BCUT2D eigenvalue weighted by atomic mass is 35.5. The van der Waals surface area contributed by atoms with Gasteiger partial charge in [0.05, 0.1) is 12.3 Å². The summed E-state index contributed by atoms with van der Waals surface area (Å²) < 4.78 is 5.03. The summed E-state index contributed by atoms with van der Waals surface area (Å²) in [6.07, 6.45) is 1.66. The molecule has 0 aliphatic carbocycles. The molecule has 1 aromatic heterocycles. The molecular formula is C20H22ClNO3. The number of phenolic OH excluding ortho intramolecular Hbond substituents is 1. The fraction of sp³-hybridized carbons (Fsp3) is 0.300. The molecule has 0 saturated heterocycles. The molecule has 1 aromatic carbocycles. The Morgan fingerprint density at radius 1 is 1.20 bits per heavy atom. The molecule has 0 radical (unpaired) electrons. The molecule has 1 N–H and O–H groups in total. The number of allylic oxidation sites excluding steroid dienone is 2. The lowest BCUT2D eigenvalue weighted by molar-refractivity contribution is 0.0519. The van der Waals surface area contributed by atoms with Crippen LogP contribution >= 0.6 is 11.6 Å². The first-order valence-corrected chi connectivity index (χ1v) is 8.68. The van der Waals surface area contributed by atoms with Crippen LogP contribution in [0.3, 0.4) is 0 Å². The van der Waals surface area contributed by atoms with Crippen molar-refractivity contribution in [3.63, 3.8) is 0 Å². The van der Waals surface area contributed by atoms with Crippen molar-refractivity contribution >= 4 is 28.7 Å². The number of ether oxygens (including phenoxy) is 1. The standard InChI is InChI=1S/C20H22ClNO3/c1-4-7-15(13(3)16-12-14(21)10-11-19(16)23)17-8-6-9-18(22-17)20(24)25-5-2/h6,8-12,23H,4-5,7H2,1-3H3/b15-13-. The molecule has 0 spiro atoms. The summed E-state index contributed by atoms with van der Waals surface area (Å²) in [5.74, 6) is -0.277. The zero-order valence-corrected chi connectivity index (χ0v) is 15.4. The maximum absolute atomic E-state index is 12.0. The SMILES string of the molecule is CCC/C(=C(\C)c1cc(Cl)ccc1O)c1cccc(C(=O)OCC)n1. The van der Waals surface area contributed by atoms with Gasteiger partial charge in [-0.3, -0.25) is 0 Å². The van der Waals surface area contributed by atoms with E-state index in [0.717, 1.165) is 24.0 Å². The second-order valence-electron chi connectivity index (χ2n) is 5.64. The minimum absolute atomic E-state index is 0.164. The largest absolute Gasteiger partial charge is 0.507 e. The summed E-state index contributed by atoms with van der Waals surface area (Å²) in [7, 11) is 0. The minimum Gasteiger partial charge on any atom is -0.507 e. The van der Waals surface area contributed by atoms with Crippen molar-refractivity contribution in [2.45, 2.75) is 33.6 Å². The highest BCUT2D eigenvalue weighted by Gasteiger charge is 2.15. The van der Waals surface area contributed by atoms with Crippen LogP contribution in [0.2, 0.25) is 5.02 Å². The molecule has 132 valence electrons. The molecule has 1 heterocycles. The van der Waals surface area contributed by atoms with E-state index in [4.69, 9.17) is 16.3 Å². The van der Waals surface area contributed by atoms with Crippen molar-refractivity contribution in [3.05, 3.63) is 58.4 Å². The summed E-state index contributed by atoms with van der Waals surface area (Å²) in [6, 6.07) is 10.2. The Kier molecular flexibility index (Phi) is 6.59. The van der Waals surface area contributed by atoms with Crippen LogP contribution in [0.4, 0.5) is 0 Å². The number of hydrogen-bond donors (Lipinski definition) is 1. The van der Waals surface area contributed by atoms with Crippen LogP contribution in [0, 0.1) is 0 Å². The van der Waals surface area contributed by atoms with Crippen molar-refractivity contribution in [3.8, 4) is 5.75 Å². The van der Waals surface area contributed by atoms with Gasteiger partial charge in [0.2, 0.25) is 0 Å². The van der Waals surface area contributed by atoms with Gasteiger partial charge in [0.15, 0.2) is 0 Å². The first-order chi connectivity index (χ1) is 12.0. The highest BCUT2D eigenvalue weighted by Crippen LogP contribution is 2.34. The Morgan fingerprint density at radius 3 is 2.60 bits per heavy atom. The van der Waals surface area contributed by atoms with Gasteiger partial charge < -0.3 is 9.84 Å². The Hall–Kier alpha value is -2.33. The third kappa shape index (κ3) is 4.60. The summed E-state index contributed by atoms with van der Waals surface area (Å²) in [4.78, 5) is 16.4. The third-order valence-corrected chi connectivity index (χ3v) is 4.09. The lowest BCUT2D eigenvalue weighted by atomic mass is 9.95. The van der Waals surface area contributed by atoms with E-state index >= 15 is 0 Å². The van der Waals surface area contributed by atoms with Crippen LogP contribution in [-0.2, 0) is 4.74 Å². The van der Waals surface area contributed by atoms with Gasteiger partial charge in [-0.2, -0.15) is 0 Å². The molecule has 0 atom stereocenters. The van der Waals surface area contributed by atoms with Gasteiger partial charge in [0, 0.05) is 10.6 Å². The van der Waals surface area contributed by atoms with Crippen LogP contribution in [0.15, 0.2) is 36.4 Å². The second-order valence-corrected chi connectivity index (χ2v) is 6.08. The van der Waals surface area contributed by atoms with Crippen LogP contribution in [0.1, 0.15) is 55.4 Å². The monoisotopic (exact) mass is 359 g/mol. The molecule has 0 saturated carbocycles. The number of pyridine rings is 1. The molecule has 2 rings (SSSR count). The van der Waals surface area contributed by atoms with Gasteiger partial charge in [0.1, 0.15) is 11.4 Å². The average Bonchev–Trinajstić information content (AvgIpc) is 2.61. The molecule has 0 amide bonds. The van der Waals surface area contributed by atoms with Gasteiger partial charge in [0.25, 0.3) is 0 Å². The lowest BCUT2D eigenvalue weighted by Gasteiger charge is -2.14. The first kappa shape index (κ1) is 19.0. The van der Waals surface area contributed by atoms with E-state index in [1.54, 1.807) is 37.3 Å². The minimum atomic E-state index is -0.441. The molecule has 25 heavy (non-hydrogen) atoms. The topological polar surface area (TPSA) is 59.4 Å². The predicted octanol–water partition coefficient (Wildman–Crippen LogP) is 5.35. The number of phenols is 1. The van der Waals surface area contributed by atoms with E-state index < -0.39 is 5.97 Å². The molecule has 0 bridgehead atoms. The fourth-order valence-corrected chi connectivity index (χ4v) is 2.82. The van der Waals surface area contributed by atoms with Crippen LogP contribution in [0.5, 0.6) is 5.75 Å². The molecule has 0 fully saturated rings. The molecule has 2 aromatic rings. The average molecular weight is 360 g/mol. The second kappa shape index (κ2) is 8.67. The van der Waals surface area contributed by atoms with Gasteiger partial charge in [-0.05, 0) is 61.7 Å². The molecule has 5 heteroatoms. The van der Waals surface area contributed by atoms with Gasteiger partial charge >= 0.3 is 5.97 Å². The van der Waals surface area contributed by atoms with Crippen LogP contribution < -0.4 is 0 Å². The number of halogens is 1. The van der Waals surface area contributed by atoms with Gasteiger partial charge in [-0.25, -0.2) is 9.78 Å². The summed E-state index contributed by atoms with van der Waals surface area (Å²) in [5.41, 5.74) is 3.49. The lowest BCUT2D eigenvalue weighted by Crippen LogP contribution is -2.08. The number of esters is 1. The third-order valence-electron chi connectivity index (χ3n) is 3.86. The van der Waals surface area contributed by atoms with Crippen molar-refractivity contribution in [2.75, 3.05) is 6.61 Å². The summed E-state index contributed by atoms with van der Waals surface area (Å²) in [6.45, 7) is 6.06. The van der Waals surface area contributed by atoms with E-state index in [0.29, 0.717) is 22.9 Å². The Bertz CT molecular complexity index is 799. The van der Waals surface area contributed by atoms with E-state index in [1.807, 2.05) is 13.0 Å². The maximum Gasteiger partial charge on any atom is 0.356 e. The number of benzene rings is 1. The number of nitrogens with zero attached hydrogens (tertiary/aromatic N) is 1. The molecule has 0 aliphatic rings. The van der Waals surface area contributed by atoms with Crippen molar-refractivity contribution < 1.29 is 14.6 Å². The smallest absolute Gasteiger partial charge is 0.356 e. The van der Waals surface area contributed by atoms with Crippen LogP contribution in [-0.4, -0.2) is 22.7 Å². The summed E-state index contributed by atoms with van der Waals surface area (Å²) in [5, 5.41) is 10.7. The quantitative estimate of drug-likeness (QED) is 0.706. The van der Waals surface area contributed by atoms with E-state index in [-0.39, 0.29) is 11.4 Å². The molecule has 0 unspecified atom stereocenters. The molecule has 0 aliphatic heterocycles. The normalized spacial score (nSPS) is 11.8. The van der Waals surface area contributed by atoms with Crippen molar-refractivity contribution in [1.82, 2.24) is 4.98 Å². The van der Waals surface area contributed by atoms with Crippen molar-refractivity contribution in [2.24, 2.45) is 0 Å². The number of carbonyl (C=O) groups excluding carboxylic acids is 1. The Balaban J connectivity index is 2.55. The predicted molar refractivity (Wildman–Crippen MR) is 101 cm³/mol. The summed E-state index contributed by atoms with van der Waals surface area (Å²) >= 11 is 6.08. The first-order valence-electron chi connectivity index (χ1n) is 8.31. The number of aromatic nitrogens is 1. The Labute approximate surface area is 153 Å². The maximum atomic E-state index is 12.0. The highest BCUT2D eigenvalue weighted by molar-refractivity contribution is 6.30. The number of carbonyl (C=O) groups is 1. The zero-order valence-electron chi connectivity index (χ0n) is 14.7. The van der Waals surface area contributed by atoms with Gasteiger partial charge in [-0.1, -0.05) is 31.0 Å². The van der Waals surface area contributed by atoms with Crippen LogP contribution in [0.25, 0.3) is 11.1 Å². The van der Waals surface area contributed by atoms with Gasteiger partial charge in [-0.15, -0.1) is 0 Å². The number of aromatic hydroxyl groups is 1. The molecular weight excluding hydrogens is 338 g/mol. The zero-order chi connectivity index (χ0) is 18.4.